The fourth-order valence-corrected chi connectivity index (χ4v) is 5.38. The fourth-order valence-electron chi connectivity index (χ4n) is 5.38. The van der Waals surface area contributed by atoms with Crippen LogP contribution in [0.2, 0.25) is 0 Å². The van der Waals surface area contributed by atoms with Crippen LogP contribution in [0, 0.1) is 12.3 Å². The Morgan fingerprint density at radius 3 is 2.33 bits per heavy atom. The molecular formula is C36H48N2O7. The third-order valence-electron chi connectivity index (χ3n) is 9.09. The molecule has 2 heterocycles. The zero-order valence-electron chi connectivity index (χ0n) is 27.8. The van der Waals surface area contributed by atoms with Gasteiger partial charge in [-0.05, 0) is 75.1 Å². The van der Waals surface area contributed by atoms with Gasteiger partial charge in [-0.15, -0.1) is 6.58 Å². The highest BCUT2D eigenvalue weighted by atomic mass is 16.5. The summed E-state index contributed by atoms with van der Waals surface area (Å²) in [6, 6.07) is 9.30. The van der Waals surface area contributed by atoms with Crippen LogP contribution in [0.4, 0.5) is 0 Å². The van der Waals surface area contributed by atoms with Gasteiger partial charge in [0.05, 0.1) is 40.1 Å². The molecule has 0 spiro atoms. The molecule has 0 bridgehead atoms. The van der Waals surface area contributed by atoms with Gasteiger partial charge >= 0.3 is 0 Å². The second kappa shape index (κ2) is 14.4. The minimum atomic E-state index is -0.698. The molecule has 2 aliphatic rings. The molecule has 9 nitrogen and oxygen atoms in total. The van der Waals surface area contributed by atoms with Crippen molar-refractivity contribution in [2.75, 3.05) is 53.7 Å². The second-order valence-corrected chi connectivity index (χ2v) is 12.7. The van der Waals surface area contributed by atoms with Crippen LogP contribution in [0.3, 0.4) is 0 Å². The van der Waals surface area contributed by atoms with Crippen molar-refractivity contribution >= 4 is 17.9 Å². The number of benzene rings is 2. The molecule has 0 aliphatic carbocycles. The van der Waals surface area contributed by atoms with Gasteiger partial charge in [0, 0.05) is 36.7 Å². The molecule has 1 unspecified atom stereocenters. The van der Waals surface area contributed by atoms with Crippen LogP contribution in [0.15, 0.2) is 49.1 Å². The van der Waals surface area contributed by atoms with E-state index < -0.39 is 11.0 Å². The smallest absolute Gasteiger partial charge is 0.254 e. The van der Waals surface area contributed by atoms with Crippen molar-refractivity contribution in [2.45, 2.75) is 59.1 Å². The highest BCUT2D eigenvalue weighted by molar-refractivity contribution is 5.97. The monoisotopic (exact) mass is 620 g/mol. The molecule has 4 rings (SSSR count). The molecule has 0 N–H and O–H groups in total. The molecule has 9 heteroatoms. The van der Waals surface area contributed by atoms with E-state index in [0.29, 0.717) is 61.5 Å². The van der Waals surface area contributed by atoms with E-state index >= 15 is 0 Å². The largest absolute Gasteiger partial charge is 0.493 e. The minimum Gasteiger partial charge on any atom is -0.493 e. The summed E-state index contributed by atoms with van der Waals surface area (Å²) in [7, 11) is 3.18. The number of rotatable bonds is 12. The molecule has 244 valence electrons. The first kappa shape index (κ1) is 33.9. The van der Waals surface area contributed by atoms with Crippen LogP contribution < -0.4 is 18.9 Å². The topological polar surface area (TPSA) is 86.8 Å². The molecule has 2 aliphatic heterocycles. The van der Waals surface area contributed by atoms with Crippen molar-refractivity contribution in [3.8, 4) is 23.0 Å². The van der Waals surface area contributed by atoms with E-state index in [0.717, 1.165) is 30.5 Å². The van der Waals surface area contributed by atoms with E-state index in [1.165, 1.54) is 0 Å². The lowest BCUT2D eigenvalue weighted by molar-refractivity contribution is -0.129. The van der Waals surface area contributed by atoms with Gasteiger partial charge in [0.1, 0.15) is 5.60 Å². The molecule has 45 heavy (non-hydrogen) atoms. The van der Waals surface area contributed by atoms with Gasteiger partial charge in [0.2, 0.25) is 5.91 Å². The summed E-state index contributed by atoms with van der Waals surface area (Å²) in [6.45, 7) is 17.4. The van der Waals surface area contributed by atoms with Crippen LogP contribution in [0.5, 0.6) is 23.0 Å². The maximum Gasteiger partial charge on any atom is 0.254 e. The molecular weight excluding hydrogens is 572 g/mol. The number of methoxy groups -OCH3 is 2. The quantitative estimate of drug-likeness (QED) is 0.215. The van der Waals surface area contributed by atoms with E-state index in [1.807, 2.05) is 56.0 Å². The Kier molecular flexibility index (Phi) is 10.9. The zero-order chi connectivity index (χ0) is 32.8. The number of morpholine rings is 1. The molecule has 0 aromatic heterocycles. The summed E-state index contributed by atoms with van der Waals surface area (Å²) in [5.74, 6) is 2.16. The standard InChI is InChI=1S/C36H48N2O7/c1-9-27-11-10-16-38(27)34(40)28-23-31(42-8)32(21-25(28)2)45-36(5,6)35(3,4)24-44-29-14-12-26(22-30(29)41-7)13-15-33(39)37-17-19-43-20-18-37/h9,12-15,21-23,27H,1,10-11,16-20,24H2,2-8H3/b15-13+. The molecule has 1 atom stereocenters. The van der Waals surface area contributed by atoms with Gasteiger partial charge in [-0.1, -0.05) is 26.0 Å². The minimum absolute atomic E-state index is 0.0214. The maximum atomic E-state index is 13.4. The number of carbonyl (C=O) groups excluding carboxylic acids is 2. The highest BCUT2D eigenvalue weighted by Crippen LogP contribution is 2.41. The van der Waals surface area contributed by atoms with Crippen LogP contribution in [0.1, 0.15) is 62.0 Å². The molecule has 2 saturated heterocycles. The van der Waals surface area contributed by atoms with Gasteiger partial charge in [-0.2, -0.15) is 0 Å². The third kappa shape index (κ3) is 7.82. The predicted molar refractivity (Wildman–Crippen MR) is 175 cm³/mol. The normalized spacial score (nSPS) is 17.4. The highest BCUT2D eigenvalue weighted by Gasteiger charge is 2.41. The number of ether oxygens (including phenoxy) is 5. The summed E-state index contributed by atoms with van der Waals surface area (Å²) >= 11 is 0. The van der Waals surface area contributed by atoms with Gasteiger partial charge in [0.25, 0.3) is 5.91 Å². The number of hydrogen-bond donors (Lipinski definition) is 0. The summed E-state index contributed by atoms with van der Waals surface area (Å²) in [5.41, 5.74) is 1.08. The van der Waals surface area contributed by atoms with E-state index in [2.05, 4.69) is 20.4 Å². The van der Waals surface area contributed by atoms with Crippen LogP contribution in [-0.2, 0) is 9.53 Å². The Hall–Kier alpha value is -3.98. The average molecular weight is 621 g/mol. The van der Waals surface area contributed by atoms with Gasteiger partial charge in [-0.3, -0.25) is 9.59 Å². The Labute approximate surface area is 267 Å². The van der Waals surface area contributed by atoms with Crippen molar-refractivity contribution in [1.29, 1.82) is 0 Å². The molecule has 2 amide bonds. The summed E-state index contributed by atoms with van der Waals surface area (Å²) in [5, 5.41) is 0. The lowest BCUT2D eigenvalue weighted by Crippen LogP contribution is -2.48. The first-order chi connectivity index (χ1) is 21.4. The summed E-state index contributed by atoms with van der Waals surface area (Å²) < 4.78 is 29.6. The number of likely N-dealkylation sites (tertiary alicyclic amines) is 1. The van der Waals surface area contributed by atoms with Crippen molar-refractivity contribution in [3.63, 3.8) is 0 Å². The van der Waals surface area contributed by atoms with Crippen molar-refractivity contribution in [2.24, 2.45) is 5.41 Å². The Balaban J connectivity index is 1.45. The van der Waals surface area contributed by atoms with Crippen LogP contribution >= 0.6 is 0 Å². The molecule has 2 aromatic rings. The zero-order valence-corrected chi connectivity index (χ0v) is 27.8. The Morgan fingerprint density at radius 1 is 0.978 bits per heavy atom. The van der Waals surface area contributed by atoms with Crippen molar-refractivity contribution < 1.29 is 33.3 Å². The number of amides is 2. The number of hydrogen-bond acceptors (Lipinski definition) is 7. The first-order valence-corrected chi connectivity index (χ1v) is 15.6. The first-order valence-electron chi connectivity index (χ1n) is 15.6. The summed E-state index contributed by atoms with van der Waals surface area (Å²) in [6.07, 6.45) is 7.10. The average Bonchev–Trinajstić information content (AvgIpc) is 3.52. The predicted octanol–water partition coefficient (Wildman–Crippen LogP) is 5.94. The second-order valence-electron chi connectivity index (χ2n) is 12.7. The van der Waals surface area contributed by atoms with Gasteiger partial charge < -0.3 is 33.5 Å². The SMILES string of the molecule is C=CC1CCCN1C(=O)c1cc(OC)c(OC(C)(C)C(C)(C)COc2ccc(/C=C/C(=O)N3CCOCC3)cc2OC)cc1C. The number of nitrogens with zero attached hydrogens (tertiary/aromatic N) is 2. The molecule has 0 radical (unpaired) electrons. The number of carbonyl (C=O) groups is 2. The van der Waals surface area contributed by atoms with E-state index in [9.17, 15) is 9.59 Å². The van der Waals surface area contributed by atoms with Crippen LogP contribution in [0.25, 0.3) is 6.08 Å². The lowest BCUT2D eigenvalue weighted by atomic mass is 9.77. The summed E-state index contributed by atoms with van der Waals surface area (Å²) in [4.78, 5) is 29.6. The van der Waals surface area contributed by atoms with Crippen molar-refractivity contribution in [1.82, 2.24) is 9.80 Å². The Bertz CT molecular complexity index is 1410. The third-order valence-corrected chi connectivity index (χ3v) is 9.09. The fraction of sp³-hybridized carbons (Fsp3) is 0.500. The van der Waals surface area contributed by atoms with Gasteiger partial charge in [0.15, 0.2) is 23.0 Å². The molecule has 2 fully saturated rings. The van der Waals surface area contributed by atoms with E-state index in [4.69, 9.17) is 23.7 Å². The van der Waals surface area contributed by atoms with Crippen LogP contribution in [-0.4, -0.2) is 86.9 Å². The number of aryl methyl sites for hydroxylation is 1. The van der Waals surface area contributed by atoms with E-state index in [1.54, 1.807) is 37.3 Å². The molecule has 2 aromatic carbocycles. The maximum absolute atomic E-state index is 13.4. The van der Waals surface area contributed by atoms with Crippen molar-refractivity contribution in [3.05, 3.63) is 65.8 Å². The van der Waals surface area contributed by atoms with E-state index in [-0.39, 0.29) is 17.9 Å². The lowest BCUT2D eigenvalue weighted by Gasteiger charge is -2.41. The Morgan fingerprint density at radius 2 is 1.67 bits per heavy atom. The molecule has 0 saturated carbocycles. The van der Waals surface area contributed by atoms with Gasteiger partial charge in [-0.25, -0.2) is 0 Å².